The second-order valence-electron chi connectivity index (χ2n) is 5.32. The Morgan fingerprint density at radius 3 is 3.00 bits per heavy atom. The summed E-state index contributed by atoms with van der Waals surface area (Å²) in [6.07, 6.45) is 0.852. The number of oxazole rings is 1. The average Bonchev–Trinajstić information content (AvgIpc) is 2.84. The first-order valence-electron chi connectivity index (χ1n) is 7.34. The number of nitrogens with zero attached hydrogens (tertiary/aromatic N) is 2. The third kappa shape index (κ3) is 3.05. The molecule has 1 aromatic carbocycles. The number of hydrogen-bond donors (Lipinski definition) is 2. The monoisotopic (exact) mass is 300 g/mol. The quantitative estimate of drug-likeness (QED) is 0.670. The minimum Gasteiger partial charge on any atom is -0.493 e. The highest BCUT2D eigenvalue weighted by Crippen LogP contribution is 2.31. The lowest BCUT2D eigenvalue weighted by Crippen LogP contribution is -2.37. The molecule has 0 fully saturated rings. The first-order chi connectivity index (χ1) is 10.6. The van der Waals surface area contributed by atoms with Gasteiger partial charge in [-0.1, -0.05) is 18.2 Å². The fourth-order valence-corrected chi connectivity index (χ4v) is 2.48. The Bertz CT molecular complexity index is 674. The minimum absolute atomic E-state index is 0.113. The van der Waals surface area contributed by atoms with E-state index >= 15 is 0 Å². The molecule has 2 heterocycles. The lowest BCUT2D eigenvalue weighted by molar-refractivity contribution is 0.262. The Hall–Kier alpha value is -2.50. The van der Waals surface area contributed by atoms with E-state index in [0.29, 0.717) is 25.0 Å². The number of fused-ring (bicyclic) bond motifs is 1. The lowest BCUT2D eigenvalue weighted by Gasteiger charge is -2.26. The van der Waals surface area contributed by atoms with Crippen LogP contribution >= 0.6 is 0 Å². The molecule has 0 spiro atoms. The van der Waals surface area contributed by atoms with Crippen molar-refractivity contribution in [2.75, 3.05) is 6.61 Å². The summed E-state index contributed by atoms with van der Waals surface area (Å²) in [4.78, 5) is 8.59. The van der Waals surface area contributed by atoms with Gasteiger partial charge in [0.25, 0.3) is 0 Å². The van der Waals surface area contributed by atoms with E-state index in [4.69, 9.17) is 14.9 Å². The van der Waals surface area contributed by atoms with Crippen molar-refractivity contribution >= 4 is 5.96 Å². The van der Waals surface area contributed by atoms with Crippen molar-refractivity contribution in [3.05, 3.63) is 47.2 Å². The zero-order valence-corrected chi connectivity index (χ0v) is 12.8. The molecule has 116 valence electrons. The molecule has 0 aliphatic carbocycles. The van der Waals surface area contributed by atoms with Crippen LogP contribution in [0.4, 0.5) is 0 Å². The van der Waals surface area contributed by atoms with Crippen LogP contribution in [-0.4, -0.2) is 17.6 Å². The Morgan fingerprint density at radius 2 is 2.23 bits per heavy atom. The Labute approximate surface area is 129 Å². The van der Waals surface area contributed by atoms with E-state index in [-0.39, 0.29) is 6.04 Å². The molecule has 2 aromatic rings. The van der Waals surface area contributed by atoms with Crippen LogP contribution in [0.1, 0.15) is 35.4 Å². The van der Waals surface area contributed by atoms with Crippen molar-refractivity contribution in [3.8, 4) is 5.75 Å². The van der Waals surface area contributed by atoms with Crippen molar-refractivity contribution in [1.29, 1.82) is 0 Å². The van der Waals surface area contributed by atoms with Gasteiger partial charge in [-0.3, -0.25) is 0 Å². The molecule has 0 saturated heterocycles. The standard InChI is InChI=1S/C16H20N4O2/c1-10-11(2)22-15(19-10)9-18-16(17)20-13-7-8-21-14-6-4-3-5-12(13)14/h3-6,13H,7-9H2,1-2H3,(H3,17,18,20). The van der Waals surface area contributed by atoms with Gasteiger partial charge >= 0.3 is 0 Å². The zero-order chi connectivity index (χ0) is 15.5. The summed E-state index contributed by atoms with van der Waals surface area (Å²) in [6, 6.07) is 8.08. The molecule has 1 aliphatic heterocycles. The van der Waals surface area contributed by atoms with Gasteiger partial charge in [0.15, 0.2) is 5.96 Å². The normalized spacial score (nSPS) is 17.7. The van der Waals surface area contributed by atoms with Gasteiger partial charge in [0.05, 0.1) is 18.3 Å². The molecule has 22 heavy (non-hydrogen) atoms. The molecule has 6 heteroatoms. The van der Waals surface area contributed by atoms with Crippen molar-refractivity contribution < 1.29 is 9.15 Å². The maximum atomic E-state index is 5.98. The number of aromatic nitrogens is 1. The molecule has 0 amide bonds. The molecule has 3 rings (SSSR count). The molecule has 3 N–H and O–H groups in total. The van der Waals surface area contributed by atoms with E-state index in [1.165, 1.54) is 0 Å². The molecule has 1 atom stereocenters. The number of hydrogen-bond acceptors (Lipinski definition) is 4. The van der Waals surface area contributed by atoms with Crippen LogP contribution in [0.2, 0.25) is 0 Å². The van der Waals surface area contributed by atoms with E-state index in [2.05, 4.69) is 15.3 Å². The second-order valence-corrected chi connectivity index (χ2v) is 5.32. The summed E-state index contributed by atoms with van der Waals surface area (Å²) >= 11 is 0. The molecule has 0 saturated carbocycles. The lowest BCUT2D eigenvalue weighted by atomic mass is 10.0. The predicted molar refractivity (Wildman–Crippen MR) is 83.7 cm³/mol. The maximum absolute atomic E-state index is 5.98. The van der Waals surface area contributed by atoms with E-state index < -0.39 is 0 Å². The summed E-state index contributed by atoms with van der Waals surface area (Å²) in [5.74, 6) is 2.68. The van der Waals surface area contributed by atoms with Gasteiger partial charge in [0.1, 0.15) is 18.1 Å². The van der Waals surface area contributed by atoms with E-state index in [1.807, 2.05) is 38.1 Å². The molecule has 1 aliphatic rings. The van der Waals surface area contributed by atoms with Gasteiger partial charge < -0.3 is 20.2 Å². The van der Waals surface area contributed by atoms with Gasteiger partial charge in [-0.25, -0.2) is 9.98 Å². The fourth-order valence-electron chi connectivity index (χ4n) is 2.48. The number of aliphatic imine (C=N–C) groups is 1. The van der Waals surface area contributed by atoms with Gasteiger partial charge in [-0.2, -0.15) is 0 Å². The number of ether oxygens (including phenoxy) is 1. The number of nitrogens with two attached hydrogens (primary N) is 1. The largest absolute Gasteiger partial charge is 0.493 e. The Kier molecular flexibility index (Phi) is 4.00. The molecule has 6 nitrogen and oxygen atoms in total. The van der Waals surface area contributed by atoms with Crippen LogP contribution in [-0.2, 0) is 6.54 Å². The minimum atomic E-state index is 0.113. The summed E-state index contributed by atoms with van der Waals surface area (Å²) in [7, 11) is 0. The second kappa shape index (κ2) is 6.09. The van der Waals surface area contributed by atoms with E-state index in [1.54, 1.807) is 0 Å². The highest BCUT2D eigenvalue weighted by molar-refractivity contribution is 5.78. The van der Waals surface area contributed by atoms with E-state index in [0.717, 1.165) is 29.2 Å². The van der Waals surface area contributed by atoms with Crippen LogP contribution in [0.5, 0.6) is 5.75 Å². The molecule has 1 aromatic heterocycles. The van der Waals surface area contributed by atoms with Crippen molar-refractivity contribution in [1.82, 2.24) is 10.3 Å². The number of rotatable bonds is 3. The number of para-hydroxylation sites is 1. The molecule has 0 radical (unpaired) electrons. The molecular formula is C16H20N4O2. The first kappa shape index (κ1) is 14.4. The van der Waals surface area contributed by atoms with E-state index in [9.17, 15) is 0 Å². The third-order valence-electron chi connectivity index (χ3n) is 3.74. The number of aryl methyl sites for hydroxylation is 2. The Morgan fingerprint density at radius 1 is 1.41 bits per heavy atom. The highest BCUT2D eigenvalue weighted by atomic mass is 16.5. The predicted octanol–water partition coefficient (Wildman–Crippen LogP) is 2.22. The summed E-state index contributed by atoms with van der Waals surface area (Å²) in [5, 5.41) is 3.25. The van der Waals surface area contributed by atoms with Gasteiger partial charge in [-0.05, 0) is 19.9 Å². The average molecular weight is 300 g/mol. The topological polar surface area (TPSA) is 85.7 Å². The summed E-state index contributed by atoms with van der Waals surface area (Å²) in [6.45, 7) is 4.79. The summed E-state index contributed by atoms with van der Waals surface area (Å²) in [5.41, 5.74) is 7.97. The third-order valence-corrected chi connectivity index (χ3v) is 3.74. The SMILES string of the molecule is Cc1nc(CN=C(N)NC2CCOc3ccccc32)oc1C. The van der Waals surface area contributed by atoms with Crippen LogP contribution in [0.25, 0.3) is 0 Å². The smallest absolute Gasteiger partial charge is 0.216 e. The van der Waals surface area contributed by atoms with Crippen LogP contribution in [0.15, 0.2) is 33.7 Å². The molecular weight excluding hydrogens is 280 g/mol. The van der Waals surface area contributed by atoms with Crippen LogP contribution in [0.3, 0.4) is 0 Å². The van der Waals surface area contributed by atoms with Gasteiger partial charge in [0, 0.05) is 12.0 Å². The number of benzene rings is 1. The highest BCUT2D eigenvalue weighted by Gasteiger charge is 2.21. The summed E-state index contributed by atoms with van der Waals surface area (Å²) < 4.78 is 11.1. The first-order valence-corrected chi connectivity index (χ1v) is 7.34. The van der Waals surface area contributed by atoms with Gasteiger partial charge in [-0.15, -0.1) is 0 Å². The van der Waals surface area contributed by atoms with Gasteiger partial charge in [0.2, 0.25) is 5.89 Å². The zero-order valence-electron chi connectivity index (χ0n) is 12.8. The van der Waals surface area contributed by atoms with Crippen molar-refractivity contribution in [3.63, 3.8) is 0 Å². The van der Waals surface area contributed by atoms with Crippen molar-refractivity contribution in [2.45, 2.75) is 32.9 Å². The fraction of sp³-hybridized carbons (Fsp3) is 0.375. The van der Waals surface area contributed by atoms with Crippen LogP contribution in [0, 0.1) is 13.8 Å². The Balaban J connectivity index is 1.67. The number of guanidine groups is 1. The maximum Gasteiger partial charge on any atom is 0.216 e. The number of nitrogens with one attached hydrogen (secondary N) is 1. The molecule has 1 unspecified atom stereocenters. The van der Waals surface area contributed by atoms with Crippen LogP contribution < -0.4 is 15.8 Å². The molecule has 0 bridgehead atoms. The van der Waals surface area contributed by atoms with Crippen molar-refractivity contribution in [2.24, 2.45) is 10.7 Å².